The van der Waals surface area contributed by atoms with Gasteiger partial charge in [-0.3, -0.25) is 4.79 Å². The van der Waals surface area contributed by atoms with Crippen LogP contribution in [0.5, 0.6) is 0 Å². The van der Waals surface area contributed by atoms with Crippen LogP contribution in [0.3, 0.4) is 0 Å². The number of carbonyl (C=O) groups excluding carboxylic acids is 1. The average molecular weight is 315 g/mol. The van der Waals surface area contributed by atoms with Crippen LogP contribution in [0.15, 0.2) is 24.3 Å². The summed E-state index contributed by atoms with van der Waals surface area (Å²) >= 11 is 0.709. The van der Waals surface area contributed by atoms with Gasteiger partial charge >= 0.3 is 6.18 Å². The number of nitrogens with zero attached hydrogens (tertiary/aromatic N) is 1. The molecule has 0 fully saturated rings. The molecule has 2 aromatic rings. The first-order chi connectivity index (χ1) is 9.82. The van der Waals surface area contributed by atoms with Crippen molar-refractivity contribution in [1.29, 1.82) is 0 Å². The summed E-state index contributed by atoms with van der Waals surface area (Å²) in [5.41, 5.74) is 5.35. The predicted molar refractivity (Wildman–Crippen MR) is 75.0 cm³/mol. The van der Waals surface area contributed by atoms with Gasteiger partial charge in [0.1, 0.15) is 9.88 Å². The highest BCUT2D eigenvalue weighted by Gasteiger charge is 2.39. The number of hydrogen-bond donors (Lipinski definition) is 2. The Morgan fingerprint density at radius 1 is 1.33 bits per heavy atom. The Kier molecular flexibility index (Phi) is 4.17. The molecule has 0 atom stereocenters. The molecule has 1 amide bonds. The zero-order chi connectivity index (χ0) is 15.6. The number of rotatable bonds is 3. The van der Waals surface area contributed by atoms with Crippen molar-refractivity contribution in [3.63, 3.8) is 0 Å². The zero-order valence-corrected chi connectivity index (χ0v) is 11.8. The molecule has 112 valence electrons. The second-order valence-electron chi connectivity index (χ2n) is 4.18. The Hall–Kier alpha value is -2.09. The summed E-state index contributed by atoms with van der Waals surface area (Å²) in [4.78, 5) is 14.9. The predicted octanol–water partition coefficient (Wildman–Crippen LogP) is 3.16. The Bertz CT molecular complexity index is 650. The maximum absolute atomic E-state index is 13.0. The van der Waals surface area contributed by atoms with Gasteiger partial charge in [-0.05, 0) is 31.2 Å². The Morgan fingerprint density at radius 3 is 2.48 bits per heavy atom. The number of nitrogens with two attached hydrogens (primary N) is 1. The SMILES string of the molecule is CCNC(=O)c1sc(-c2ccc(N)cc2)nc1C(F)(F)F. The highest BCUT2D eigenvalue weighted by Crippen LogP contribution is 2.37. The molecular formula is C13H12F3N3OS. The van der Waals surface area contributed by atoms with Crippen LogP contribution in [-0.2, 0) is 6.18 Å². The lowest BCUT2D eigenvalue weighted by Gasteiger charge is -2.05. The fraction of sp³-hybridized carbons (Fsp3) is 0.231. The lowest BCUT2D eigenvalue weighted by atomic mass is 10.2. The molecule has 0 radical (unpaired) electrons. The van der Waals surface area contributed by atoms with Crippen molar-refractivity contribution in [2.24, 2.45) is 0 Å². The van der Waals surface area contributed by atoms with Crippen LogP contribution in [0.1, 0.15) is 22.3 Å². The van der Waals surface area contributed by atoms with Crippen molar-refractivity contribution in [1.82, 2.24) is 10.3 Å². The van der Waals surface area contributed by atoms with Crippen LogP contribution in [0.2, 0.25) is 0 Å². The third-order valence-corrected chi connectivity index (χ3v) is 3.70. The summed E-state index contributed by atoms with van der Waals surface area (Å²) in [7, 11) is 0. The van der Waals surface area contributed by atoms with E-state index in [4.69, 9.17) is 5.73 Å². The summed E-state index contributed by atoms with van der Waals surface area (Å²) in [5, 5.41) is 2.49. The third kappa shape index (κ3) is 3.33. The van der Waals surface area contributed by atoms with E-state index in [1.165, 1.54) is 0 Å². The molecule has 2 rings (SSSR count). The molecule has 1 heterocycles. The molecule has 8 heteroatoms. The molecule has 0 aliphatic carbocycles. The topological polar surface area (TPSA) is 68.0 Å². The zero-order valence-electron chi connectivity index (χ0n) is 11.0. The first-order valence-corrected chi connectivity index (χ1v) is 6.86. The van der Waals surface area contributed by atoms with E-state index >= 15 is 0 Å². The molecule has 4 nitrogen and oxygen atoms in total. The standard InChI is InChI=1S/C13H12F3N3OS/c1-2-18-11(20)9-10(13(14,15)16)19-12(21-9)7-3-5-8(17)6-4-7/h3-6H,2,17H2,1H3,(H,18,20). The highest BCUT2D eigenvalue weighted by atomic mass is 32.1. The molecule has 0 spiro atoms. The van der Waals surface area contributed by atoms with E-state index in [1.807, 2.05) is 0 Å². The van der Waals surface area contributed by atoms with Crippen molar-refractivity contribution < 1.29 is 18.0 Å². The number of aromatic nitrogens is 1. The van der Waals surface area contributed by atoms with Gasteiger partial charge in [0.2, 0.25) is 0 Å². The van der Waals surface area contributed by atoms with Gasteiger partial charge in [-0.2, -0.15) is 13.2 Å². The van der Waals surface area contributed by atoms with Gasteiger partial charge in [-0.15, -0.1) is 11.3 Å². The van der Waals surface area contributed by atoms with Gasteiger partial charge in [0.15, 0.2) is 5.69 Å². The first kappa shape index (κ1) is 15.3. The molecule has 1 aromatic heterocycles. The number of nitrogen functional groups attached to an aromatic ring is 1. The molecule has 0 bridgehead atoms. The monoisotopic (exact) mass is 315 g/mol. The Morgan fingerprint density at radius 2 is 1.95 bits per heavy atom. The van der Waals surface area contributed by atoms with Crippen molar-refractivity contribution in [2.75, 3.05) is 12.3 Å². The second kappa shape index (κ2) is 5.72. The number of nitrogens with one attached hydrogen (secondary N) is 1. The van der Waals surface area contributed by atoms with E-state index in [-0.39, 0.29) is 11.6 Å². The van der Waals surface area contributed by atoms with Gasteiger partial charge < -0.3 is 11.1 Å². The number of hydrogen-bond acceptors (Lipinski definition) is 4. The lowest BCUT2D eigenvalue weighted by Crippen LogP contribution is -2.24. The maximum atomic E-state index is 13.0. The number of carbonyl (C=O) groups is 1. The summed E-state index contributed by atoms with van der Waals surface area (Å²) in [5.74, 6) is -0.774. The van der Waals surface area contributed by atoms with Crippen LogP contribution >= 0.6 is 11.3 Å². The summed E-state index contributed by atoms with van der Waals surface area (Å²) in [6, 6.07) is 6.26. The van der Waals surface area contributed by atoms with E-state index in [1.54, 1.807) is 31.2 Å². The van der Waals surface area contributed by atoms with Gasteiger partial charge in [0, 0.05) is 17.8 Å². The number of thiazole rings is 1. The smallest absolute Gasteiger partial charge is 0.399 e. The number of halogens is 3. The molecule has 1 aromatic carbocycles. The number of amides is 1. The van der Waals surface area contributed by atoms with Crippen molar-refractivity contribution in [3.8, 4) is 10.6 Å². The molecule has 0 saturated heterocycles. The third-order valence-electron chi connectivity index (χ3n) is 2.60. The molecule has 0 aliphatic heterocycles. The summed E-state index contributed by atoms with van der Waals surface area (Å²) in [6.45, 7) is 1.87. The van der Waals surface area contributed by atoms with E-state index < -0.39 is 22.7 Å². The van der Waals surface area contributed by atoms with Crippen LogP contribution in [-0.4, -0.2) is 17.4 Å². The minimum absolute atomic E-state index is 0.128. The first-order valence-electron chi connectivity index (χ1n) is 6.05. The minimum atomic E-state index is -4.68. The molecule has 21 heavy (non-hydrogen) atoms. The van der Waals surface area contributed by atoms with Gasteiger partial charge in [0.25, 0.3) is 5.91 Å². The van der Waals surface area contributed by atoms with Gasteiger partial charge in [-0.1, -0.05) is 0 Å². The normalized spacial score (nSPS) is 11.4. The fourth-order valence-corrected chi connectivity index (χ4v) is 2.66. The Labute approximate surface area is 122 Å². The summed E-state index contributed by atoms with van der Waals surface area (Å²) in [6.07, 6.45) is -4.68. The quantitative estimate of drug-likeness (QED) is 0.855. The van der Waals surface area contributed by atoms with Crippen molar-refractivity contribution in [3.05, 3.63) is 34.8 Å². The van der Waals surface area contributed by atoms with E-state index in [2.05, 4.69) is 10.3 Å². The molecule has 3 N–H and O–H groups in total. The van der Waals surface area contributed by atoms with Crippen LogP contribution in [0, 0.1) is 0 Å². The average Bonchev–Trinajstić information content (AvgIpc) is 2.85. The fourth-order valence-electron chi connectivity index (χ4n) is 1.66. The largest absolute Gasteiger partial charge is 0.435 e. The second-order valence-corrected chi connectivity index (χ2v) is 5.18. The number of anilines is 1. The van der Waals surface area contributed by atoms with Gasteiger partial charge in [0.05, 0.1) is 0 Å². The Balaban J connectivity index is 2.50. The van der Waals surface area contributed by atoms with Crippen LogP contribution in [0.4, 0.5) is 18.9 Å². The van der Waals surface area contributed by atoms with E-state index in [0.29, 0.717) is 22.6 Å². The minimum Gasteiger partial charge on any atom is -0.399 e. The molecule has 0 aliphatic rings. The molecule has 0 saturated carbocycles. The highest BCUT2D eigenvalue weighted by molar-refractivity contribution is 7.17. The van der Waals surface area contributed by atoms with Crippen molar-refractivity contribution >= 4 is 22.9 Å². The lowest BCUT2D eigenvalue weighted by molar-refractivity contribution is -0.141. The number of alkyl halides is 3. The van der Waals surface area contributed by atoms with Gasteiger partial charge in [-0.25, -0.2) is 4.98 Å². The maximum Gasteiger partial charge on any atom is 0.435 e. The summed E-state index contributed by atoms with van der Waals surface area (Å²) < 4.78 is 39.0. The van der Waals surface area contributed by atoms with E-state index in [9.17, 15) is 18.0 Å². The van der Waals surface area contributed by atoms with Crippen LogP contribution in [0.25, 0.3) is 10.6 Å². The number of benzene rings is 1. The van der Waals surface area contributed by atoms with Crippen molar-refractivity contribution in [2.45, 2.75) is 13.1 Å². The van der Waals surface area contributed by atoms with E-state index in [0.717, 1.165) is 0 Å². The van der Waals surface area contributed by atoms with Crippen LogP contribution < -0.4 is 11.1 Å². The molecule has 0 unspecified atom stereocenters. The molecular weight excluding hydrogens is 303 g/mol.